The topological polar surface area (TPSA) is 194 Å². The maximum absolute atomic E-state index is 12.4. The molecular formula is C24H38N8O4. The first kappa shape index (κ1) is 27.2. The molecule has 2 aliphatic rings. The van der Waals surface area contributed by atoms with Crippen molar-refractivity contribution in [3.8, 4) is 0 Å². The second-order valence-corrected chi connectivity index (χ2v) is 9.61. The van der Waals surface area contributed by atoms with Gasteiger partial charge in [0.25, 0.3) is 11.8 Å². The summed E-state index contributed by atoms with van der Waals surface area (Å²) >= 11 is 0. The summed E-state index contributed by atoms with van der Waals surface area (Å²) in [5, 5.41) is 10.8. The van der Waals surface area contributed by atoms with Crippen LogP contribution in [0.5, 0.6) is 0 Å². The van der Waals surface area contributed by atoms with E-state index in [0.717, 1.165) is 25.7 Å². The van der Waals surface area contributed by atoms with Crippen LogP contribution in [0.15, 0.2) is 0 Å². The van der Waals surface area contributed by atoms with Crippen LogP contribution in [0.2, 0.25) is 0 Å². The summed E-state index contributed by atoms with van der Waals surface area (Å²) in [7, 11) is 0. The van der Waals surface area contributed by atoms with Gasteiger partial charge in [-0.15, -0.1) is 0 Å². The molecule has 0 bridgehead atoms. The van der Waals surface area contributed by atoms with Crippen molar-refractivity contribution < 1.29 is 19.2 Å². The molecule has 2 fully saturated rings. The fourth-order valence-corrected chi connectivity index (χ4v) is 4.82. The molecule has 198 valence electrons. The van der Waals surface area contributed by atoms with Crippen LogP contribution in [0.4, 0.5) is 11.6 Å². The van der Waals surface area contributed by atoms with E-state index in [0.29, 0.717) is 24.7 Å². The summed E-state index contributed by atoms with van der Waals surface area (Å²) in [6.45, 7) is 0.922. The number of hydrogen-bond donors (Lipinski definition) is 6. The Morgan fingerprint density at radius 3 is 1.31 bits per heavy atom. The van der Waals surface area contributed by atoms with Gasteiger partial charge in [0.2, 0.25) is 11.8 Å². The number of nitrogens with two attached hydrogens (primary N) is 2. The molecule has 12 nitrogen and oxygen atoms in total. The van der Waals surface area contributed by atoms with Crippen LogP contribution in [0.3, 0.4) is 0 Å². The SMILES string of the molecule is Nc1nc(C(=O)NCCNC(=O)CC2CCCC2)c(N)nc1C(=O)NCCNC(=O)CC1CCCC1. The monoisotopic (exact) mass is 502 g/mol. The number of carbonyl (C=O) groups is 4. The molecule has 1 aromatic heterocycles. The van der Waals surface area contributed by atoms with Gasteiger partial charge in [0.05, 0.1) is 0 Å². The van der Waals surface area contributed by atoms with Crippen LogP contribution < -0.4 is 32.7 Å². The molecule has 0 saturated heterocycles. The van der Waals surface area contributed by atoms with Gasteiger partial charge in [-0.2, -0.15) is 0 Å². The smallest absolute Gasteiger partial charge is 0.273 e. The Morgan fingerprint density at radius 1 is 0.611 bits per heavy atom. The van der Waals surface area contributed by atoms with Gasteiger partial charge >= 0.3 is 0 Å². The fourth-order valence-electron chi connectivity index (χ4n) is 4.82. The quantitative estimate of drug-likeness (QED) is 0.222. The average Bonchev–Trinajstić information content (AvgIpc) is 3.55. The average molecular weight is 503 g/mol. The molecule has 2 saturated carbocycles. The number of rotatable bonds is 12. The summed E-state index contributed by atoms with van der Waals surface area (Å²) in [5.74, 6) is -0.819. The van der Waals surface area contributed by atoms with E-state index in [1.54, 1.807) is 0 Å². The van der Waals surface area contributed by atoms with E-state index >= 15 is 0 Å². The van der Waals surface area contributed by atoms with Gasteiger partial charge in [0, 0.05) is 39.0 Å². The lowest BCUT2D eigenvalue weighted by Crippen LogP contribution is -2.37. The lowest BCUT2D eigenvalue weighted by atomic mass is 10.0. The summed E-state index contributed by atoms with van der Waals surface area (Å²) in [5.41, 5.74) is 11.3. The third-order valence-electron chi connectivity index (χ3n) is 6.74. The first-order valence-electron chi connectivity index (χ1n) is 12.9. The van der Waals surface area contributed by atoms with Crippen LogP contribution in [-0.2, 0) is 9.59 Å². The van der Waals surface area contributed by atoms with Crippen LogP contribution >= 0.6 is 0 Å². The van der Waals surface area contributed by atoms with Gasteiger partial charge in [0.1, 0.15) is 0 Å². The minimum absolute atomic E-state index is 0.0246. The fraction of sp³-hybridized carbons (Fsp3) is 0.667. The summed E-state index contributed by atoms with van der Waals surface area (Å²) in [6.07, 6.45) is 10.1. The zero-order chi connectivity index (χ0) is 25.9. The second kappa shape index (κ2) is 13.6. The zero-order valence-electron chi connectivity index (χ0n) is 20.7. The largest absolute Gasteiger partial charge is 0.382 e. The molecule has 0 aliphatic heterocycles. The maximum Gasteiger partial charge on any atom is 0.273 e. The van der Waals surface area contributed by atoms with Crippen molar-refractivity contribution in [2.75, 3.05) is 37.6 Å². The lowest BCUT2D eigenvalue weighted by molar-refractivity contribution is -0.122. The normalized spacial score (nSPS) is 16.0. The van der Waals surface area contributed by atoms with Gasteiger partial charge in [-0.3, -0.25) is 19.2 Å². The van der Waals surface area contributed by atoms with E-state index < -0.39 is 11.8 Å². The third-order valence-corrected chi connectivity index (χ3v) is 6.74. The summed E-state index contributed by atoms with van der Waals surface area (Å²) in [4.78, 5) is 56.7. The van der Waals surface area contributed by atoms with Crippen molar-refractivity contribution in [3.63, 3.8) is 0 Å². The number of nitrogens with zero attached hydrogens (tertiary/aromatic N) is 2. The van der Waals surface area contributed by atoms with Crippen molar-refractivity contribution in [1.82, 2.24) is 31.2 Å². The van der Waals surface area contributed by atoms with E-state index in [1.165, 1.54) is 25.7 Å². The molecule has 0 unspecified atom stereocenters. The predicted molar refractivity (Wildman–Crippen MR) is 135 cm³/mol. The minimum atomic E-state index is -0.603. The minimum Gasteiger partial charge on any atom is -0.382 e. The number of aromatic nitrogens is 2. The van der Waals surface area contributed by atoms with Gasteiger partial charge in [-0.1, -0.05) is 25.7 Å². The van der Waals surface area contributed by atoms with Crippen molar-refractivity contribution >= 4 is 35.3 Å². The van der Waals surface area contributed by atoms with Crippen LogP contribution in [0.1, 0.15) is 85.2 Å². The van der Waals surface area contributed by atoms with Crippen molar-refractivity contribution in [2.45, 2.75) is 64.2 Å². The summed E-state index contributed by atoms with van der Waals surface area (Å²) < 4.78 is 0. The molecule has 0 atom stereocenters. The Bertz CT molecular complexity index is 867. The first-order valence-corrected chi connectivity index (χ1v) is 12.9. The number of hydrogen-bond acceptors (Lipinski definition) is 8. The molecule has 4 amide bonds. The van der Waals surface area contributed by atoms with E-state index in [2.05, 4.69) is 31.2 Å². The van der Waals surface area contributed by atoms with E-state index in [9.17, 15) is 19.2 Å². The van der Waals surface area contributed by atoms with E-state index in [1.807, 2.05) is 0 Å². The number of carbonyl (C=O) groups excluding carboxylic acids is 4. The molecule has 8 N–H and O–H groups in total. The Morgan fingerprint density at radius 2 is 0.944 bits per heavy atom. The number of anilines is 2. The molecule has 12 heteroatoms. The highest BCUT2D eigenvalue weighted by molar-refractivity contribution is 6.00. The first-order chi connectivity index (χ1) is 17.3. The maximum atomic E-state index is 12.4. The van der Waals surface area contributed by atoms with Crippen molar-refractivity contribution in [1.29, 1.82) is 0 Å². The summed E-state index contributed by atoms with van der Waals surface area (Å²) in [6, 6.07) is 0. The standard InChI is InChI=1S/C24H38N8O4/c25-21-19(23(35)29-11-9-27-17(33)13-15-5-1-2-6-15)31-22(26)20(32-21)24(36)30-12-10-28-18(34)14-16-7-3-4-8-16/h15-16H,1-14H2,(H2,26,31)(H2,25,32)(H,27,33)(H,28,34)(H,29,35)(H,30,36). The van der Waals surface area contributed by atoms with Crippen molar-refractivity contribution in [3.05, 3.63) is 11.4 Å². The number of nitrogen functional groups attached to an aromatic ring is 2. The molecule has 2 aliphatic carbocycles. The highest BCUT2D eigenvalue weighted by Gasteiger charge is 2.21. The molecule has 0 aromatic carbocycles. The highest BCUT2D eigenvalue weighted by Crippen LogP contribution is 2.27. The van der Waals surface area contributed by atoms with Crippen LogP contribution in [0.25, 0.3) is 0 Å². The molecule has 36 heavy (non-hydrogen) atoms. The molecule has 1 aromatic rings. The Labute approximate surface area is 211 Å². The molecule has 0 spiro atoms. The molecule has 3 rings (SSSR count). The van der Waals surface area contributed by atoms with Crippen LogP contribution in [-0.4, -0.2) is 59.8 Å². The Kier molecular flexibility index (Phi) is 10.3. The predicted octanol–water partition coefficient (Wildman–Crippen LogP) is 0.494. The van der Waals surface area contributed by atoms with Gasteiger partial charge in [-0.05, 0) is 37.5 Å². The van der Waals surface area contributed by atoms with Gasteiger partial charge < -0.3 is 32.7 Å². The molecule has 0 radical (unpaired) electrons. The van der Waals surface area contributed by atoms with E-state index in [4.69, 9.17) is 11.5 Å². The Hall–Kier alpha value is -3.44. The number of amides is 4. The Balaban J connectivity index is 1.38. The van der Waals surface area contributed by atoms with Gasteiger partial charge in [-0.25, -0.2) is 9.97 Å². The molecular weight excluding hydrogens is 464 g/mol. The zero-order valence-corrected chi connectivity index (χ0v) is 20.7. The lowest BCUT2D eigenvalue weighted by Gasteiger charge is -2.12. The van der Waals surface area contributed by atoms with Gasteiger partial charge in [0.15, 0.2) is 23.0 Å². The van der Waals surface area contributed by atoms with Crippen LogP contribution in [0, 0.1) is 11.8 Å². The number of nitrogens with one attached hydrogen (secondary N) is 4. The second-order valence-electron chi connectivity index (χ2n) is 9.61. The molecule has 1 heterocycles. The third kappa shape index (κ3) is 8.35. The van der Waals surface area contributed by atoms with E-state index in [-0.39, 0.29) is 61.0 Å². The van der Waals surface area contributed by atoms with Crippen molar-refractivity contribution in [2.24, 2.45) is 11.8 Å². The highest BCUT2D eigenvalue weighted by atomic mass is 16.2.